The lowest BCUT2D eigenvalue weighted by Crippen LogP contribution is -2.52. The molecular weight excluding hydrogens is 487 g/mol. The van der Waals surface area contributed by atoms with Crippen molar-refractivity contribution in [3.05, 3.63) is 83.2 Å². The number of benzene rings is 1. The molecule has 1 fully saturated rings. The molecule has 3 aromatic rings. The molecule has 2 unspecified atom stereocenters. The zero-order chi connectivity index (χ0) is 26.0. The van der Waals surface area contributed by atoms with Crippen LogP contribution in [0.3, 0.4) is 0 Å². The molecule has 1 amide bonds. The van der Waals surface area contributed by atoms with Crippen LogP contribution in [-0.4, -0.2) is 40.8 Å². The summed E-state index contributed by atoms with van der Waals surface area (Å²) < 4.78 is 75.4. The number of carbonyl (C=O) groups excluding carboxylic acids is 1. The molecule has 7 nitrogen and oxygen atoms in total. The highest BCUT2D eigenvalue weighted by Gasteiger charge is 2.46. The molecule has 2 aromatic heterocycles. The second kappa shape index (κ2) is 10.1. The van der Waals surface area contributed by atoms with Gasteiger partial charge in [-0.15, -0.1) is 0 Å². The topological polar surface area (TPSA) is 81.4 Å². The van der Waals surface area contributed by atoms with E-state index in [1.165, 1.54) is 24.3 Å². The maximum Gasteiger partial charge on any atom is 0.257 e. The van der Waals surface area contributed by atoms with Crippen LogP contribution in [0.15, 0.2) is 55.0 Å². The van der Waals surface area contributed by atoms with Gasteiger partial charge in [-0.25, -0.2) is 26.9 Å². The molecule has 1 aliphatic rings. The van der Waals surface area contributed by atoms with Gasteiger partial charge in [0.2, 0.25) is 5.91 Å². The molecule has 1 aliphatic heterocycles. The van der Waals surface area contributed by atoms with E-state index in [4.69, 9.17) is 4.74 Å². The quantitative estimate of drug-likeness (QED) is 0.304. The van der Waals surface area contributed by atoms with E-state index < -0.39 is 53.4 Å². The van der Waals surface area contributed by atoms with E-state index in [9.17, 15) is 32.0 Å². The smallest absolute Gasteiger partial charge is 0.257 e. The van der Waals surface area contributed by atoms with E-state index in [0.717, 1.165) is 18.6 Å². The van der Waals surface area contributed by atoms with Gasteiger partial charge in [-0.05, 0) is 24.6 Å². The Morgan fingerprint density at radius 2 is 1.86 bits per heavy atom. The van der Waals surface area contributed by atoms with Crippen molar-refractivity contribution in [1.82, 2.24) is 9.88 Å². The third kappa shape index (κ3) is 5.54. The summed E-state index contributed by atoms with van der Waals surface area (Å²) in [5, 5.41) is 13.8. The molecule has 4 rings (SSSR count). The highest BCUT2D eigenvalue weighted by atomic mass is 19.3. The van der Waals surface area contributed by atoms with Gasteiger partial charge in [-0.2, -0.15) is 4.73 Å². The van der Waals surface area contributed by atoms with Crippen LogP contribution in [0.4, 0.5) is 27.8 Å². The van der Waals surface area contributed by atoms with Crippen LogP contribution in [0.2, 0.25) is 0 Å². The van der Waals surface area contributed by atoms with Gasteiger partial charge in [-0.3, -0.25) is 9.69 Å². The Morgan fingerprint density at radius 3 is 2.47 bits per heavy atom. The lowest BCUT2D eigenvalue weighted by Gasteiger charge is -2.40. The number of halogens is 5. The first-order chi connectivity index (χ1) is 17.0. The molecule has 0 bridgehead atoms. The highest BCUT2D eigenvalue weighted by Crippen LogP contribution is 2.40. The third-order valence-electron chi connectivity index (χ3n) is 5.99. The van der Waals surface area contributed by atoms with Crippen molar-refractivity contribution in [3.63, 3.8) is 0 Å². The molecule has 3 heterocycles. The molecule has 190 valence electrons. The van der Waals surface area contributed by atoms with Crippen molar-refractivity contribution >= 4 is 11.7 Å². The number of pyridine rings is 2. The van der Waals surface area contributed by atoms with E-state index >= 15 is 0 Å². The minimum absolute atomic E-state index is 0.0124. The highest BCUT2D eigenvalue weighted by molar-refractivity contribution is 5.93. The van der Waals surface area contributed by atoms with E-state index in [1.54, 1.807) is 11.8 Å². The van der Waals surface area contributed by atoms with Crippen LogP contribution < -0.4 is 14.8 Å². The number of rotatable bonds is 6. The Balaban J connectivity index is 1.40. The maximum absolute atomic E-state index is 14.6. The maximum atomic E-state index is 14.6. The molecular formula is C24H21F5N4O3. The molecule has 1 N–H and O–H groups in total. The van der Waals surface area contributed by atoms with Gasteiger partial charge in [0.15, 0.2) is 29.8 Å². The van der Waals surface area contributed by atoms with Gasteiger partial charge in [0.05, 0.1) is 18.2 Å². The standard InChI is InChI=1S/C24H21F5N4O3/c1-14(32-9-6-24(28,29)18(13-32)15-4-7-33(35)8-5-15)23(34)31-21-3-2-17(12-30-21)36-22-19(26)10-16(25)11-20(22)27/h2-5,7-8,10-12,14,18H,6,9,13H2,1H3,(H,30,31,34). The summed E-state index contributed by atoms with van der Waals surface area (Å²) in [6.07, 6.45) is 2.96. The number of ether oxygens (including phenoxy) is 1. The summed E-state index contributed by atoms with van der Waals surface area (Å²) in [6.45, 7) is 1.46. The van der Waals surface area contributed by atoms with Crippen LogP contribution in [0.1, 0.15) is 24.8 Å². The summed E-state index contributed by atoms with van der Waals surface area (Å²) >= 11 is 0. The van der Waals surface area contributed by atoms with Crippen molar-refractivity contribution in [2.24, 2.45) is 0 Å². The van der Waals surface area contributed by atoms with Crippen LogP contribution in [0.25, 0.3) is 0 Å². The first-order valence-corrected chi connectivity index (χ1v) is 10.9. The number of aromatic nitrogens is 2. The van der Waals surface area contributed by atoms with Crippen molar-refractivity contribution < 1.29 is 36.2 Å². The SMILES string of the molecule is CC(C(=O)Nc1ccc(Oc2c(F)cc(F)cc2F)cn1)N1CCC(F)(F)C(c2cc[n+]([O-])cc2)C1. The normalized spacial score (nSPS) is 18.4. The Morgan fingerprint density at radius 1 is 1.19 bits per heavy atom. The molecule has 0 spiro atoms. The molecule has 36 heavy (non-hydrogen) atoms. The molecule has 0 aliphatic carbocycles. The summed E-state index contributed by atoms with van der Waals surface area (Å²) in [5.74, 6) is -9.00. The Kier molecular flexibility index (Phi) is 7.07. The van der Waals surface area contributed by atoms with E-state index in [0.29, 0.717) is 22.4 Å². The van der Waals surface area contributed by atoms with Gasteiger partial charge in [0.25, 0.3) is 5.92 Å². The van der Waals surface area contributed by atoms with Crippen LogP contribution >= 0.6 is 0 Å². The van der Waals surface area contributed by atoms with Gasteiger partial charge >= 0.3 is 0 Å². The fourth-order valence-electron chi connectivity index (χ4n) is 3.94. The molecule has 0 radical (unpaired) electrons. The van der Waals surface area contributed by atoms with Crippen molar-refractivity contribution in [2.45, 2.75) is 31.2 Å². The number of amides is 1. The number of piperidine rings is 1. The number of alkyl halides is 2. The second-order valence-corrected chi connectivity index (χ2v) is 8.39. The Bertz CT molecular complexity index is 1220. The Labute approximate surface area is 202 Å². The second-order valence-electron chi connectivity index (χ2n) is 8.39. The van der Waals surface area contributed by atoms with E-state index in [1.807, 2.05) is 0 Å². The van der Waals surface area contributed by atoms with Crippen molar-refractivity contribution in [2.75, 3.05) is 18.4 Å². The van der Waals surface area contributed by atoms with Crippen molar-refractivity contribution in [3.8, 4) is 11.5 Å². The van der Waals surface area contributed by atoms with Crippen LogP contribution in [-0.2, 0) is 4.79 Å². The van der Waals surface area contributed by atoms with Gasteiger partial charge in [0.1, 0.15) is 17.4 Å². The van der Waals surface area contributed by atoms with E-state index in [2.05, 4.69) is 10.3 Å². The number of nitrogens with zero attached hydrogens (tertiary/aromatic N) is 3. The minimum atomic E-state index is -3.00. The largest absolute Gasteiger partial charge is 0.619 e. The molecule has 12 heteroatoms. The summed E-state index contributed by atoms with van der Waals surface area (Å²) in [7, 11) is 0. The molecule has 1 aromatic carbocycles. The lowest BCUT2D eigenvalue weighted by atomic mass is 9.87. The molecule has 1 saturated heterocycles. The fraction of sp³-hybridized carbons (Fsp3) is 0.292. The Hall–Kier alpha value is -3.80. The fourth-order valence-corrected chi connectivity index (χ4v) is 3.94. The van der Waals surface area contributed by atoms with Gasteiger partial charge in [-0.1, -0.05) is 0 Å². The first-order valence-electron chi connectivity index (χ1n) is 10.9. The first kappa shape index (κ1) is 25.3. The average molecular weight is 508 g/mol. The number of hydrogen-bond donors (Lipinski definition) is 1. The number of nitrogens with one attached hydrogen (secondary N) is 1. The van der Waals surface area contributed by atoms with Crippen LogP contribution in [0, 0.1) is 22.7 Å². The number of anilines is 1. The number of carbonyl (C=O) groups is 1. The lowest BCUT2D eigenvalue weighted by molar-refractivity contribution is -0.605. The number of hydrogen-bond acceptors (Lipinski definition) is 5. The summed E-state index contributed by atoms with van der Waals surface area (Å²) in [6, 6.07) is 5.48. The third-order valence-corrected chi connectivity index (χ3v) is 5.99. The monoisotopic (exact) mass is 508 g/mol. The number of likely N-dealkylation sites (tertiary alicyclic amines) is 1. The van der Waals surface area contributed by atoms with E-state index in [-0.39, 0.29) is 24.7 Å². The predicted octanol–water partition coefficient (Wildman–Crippen LogP) is 4.38. The average Bonchev–Trinajstić information content (AvgIpc) is 2.82. The molecule has 2 atom stereocenters. The van der Waals surface area contributed by atoms with Gasteiger partial charge in [0, 0.05) is 43.8 Å². The molecule has 0 saturated carbocycles. The summed E-state index contributed by atoms with van der Waals surface area (Å²) in [4.78, 5) is 18.4. The van der Waals surface area contributed by atoms with Gasteiger partial charge < -0.3 is 15.3 Å². The summed E-state index contributed by atoms with van der Waals surface area (Å²) in [5.41, 5.74) is 0.302. The van der Waals surface area contributed by atoms with Crippen molar-refractivity contribution in [1.29, 1.82) is 0 Å². The predicted molar refractivity (Wildman–Crippen MR) is 118 cm³/mol. The zero-order valence-corrected chi connectivity index (χ0v) is 18.9. The van der Waals surface area contributed by atoms with Crippen LogP contribution in [0.5, 0.6) is 11.5 Å². The zero-order valence-electron chi connectivity index (χ0n) is 18.9. The minimum Gasteiger partial charge on any atom is -0.619 e.